The van der Waals surface area contributed by atoms with Gasteiger partial charge in [0.15, 0.2) is 4.80 Å². The first kappa shape index (κ1) is 16.6. The number of amides is 1. The predicted molar refractivity (Wildman–Crippen MR) is 103 cm³/mol. The molecule has 0 aliphatic rings. The molecule has 0 aliphatic heterocycles. The van der Waals surface area contributed by atoms with E-state index in [0.717, 1.165) is 15.1 Å². The van der Waals surface area contributed by atoms with E-state index in [-0.39, 0.29) is 5.91 Å². The van der Waals surface area contributed by atoms with E-state index in [1.807, 2.05) is 28.2 Å². The van der Waals surface area contributed by atoms with Crippen molar-refractivity contribution in [1.29, 1.82) is 0 Å². The molecular formula is C19H18N2OS2. The van der Waals surface area contributed by atoms with Crippen molar-refractivity contribution >= 4 is 44.9 Å². The van der Waals surface area contributed by atoms with Crippen molar-refractivity contribution < 1.29 is 4.79 Å². The summed E-state index contributed by atoms with van der Waals surface area (Å²) in [5.74, 6) is -0.248. The van der Waals surface area contributed by atoms with Crippen LogP contribution in [-0.4, -0.2) is 10.5 Å². The van der Waals surface area contributed by atoms with Crippen LogP contribution in [0.3, 0.4) is 0 Å². The molecule has 0 N–H and O–H groups in total. The fourth-order valence-electron chi connectivity index (χ4n) is 2.57. The Labute approximate surface area is 148 Å². The molecule has 2 heterocycles. The molecule has 0 saturated heterocycles. The summed E-state index contributed by atoms with van der Waals surface area (Å²) in [6, 6.07) is 8.21. The molecule has 0 bridgehead atoms. The first-order chi connectivity index (χ1) is 11.6. The summed E-state index contributed by atoms with van der Waals surface area (Å²) < 4.78 is 3.21. The topological polar surface area (TPSA) is 34.4 Å². The van der Waals surface area contributed by atoms with Gasteiger partial charge in [-0.3, -0.25) is 4.79 Å². The van der Waals surface area contributed by atoms with Gasteiger partial charge in [0.2, 0.25) is 0 Å². The molecule has 0 atom stereocenters. The van der Waals surface area contributed by atoms with Crippen molar-refractivity contribution in [3.63, 3.8) is 0 Å². The second-order valence-electron chi connectivity index (χ2n) is 5.51. The van der Waals surface area contributed by atoms with E-state index in [9.17, 15) is 4.79 Å². The summed E-state index contributed by atoms with van der Waals surface area (Å²) in [5, 5.41) is 1.98. The third-order valence-electron chi connectivity index (χ3n) is 3.57. The summed E-state index contributed by atoms with van der Waals surface area (Å²) >= 11 is 3.14. The normalized spacial score (nSPS) is 12.3. The van der Waals surface area contributed by atoms with E-state index in [1.165, 1.54) is 17.2 Å². The van der Waals surface area contributed by atoms with Crippen molar-refractivity contribution in [1.82, 2.24) is 4.57 Å². The van der Waals surface area contributed by atoms with Crippen LogP contribution in [0.15, 0.2) is 53.4 Å². The standard InChI is InChI=1S/C19H18N2OS2/c1-4-9-21-16-12-13(2)11-14(3)18(16)24-19(21)20-17(22)8-7-15-6-5-10-23-15/h4-8,10-12H,1,9H2,2-3H3/b8-7+,20-19?. The second kappa shape index (κ2) is 7.11. The molecule has 2 aromatic heterocycles. The number of aromatic nitrogens is 1. The lowest BCUT2D eigenvalue weighted by molar-refractivity contribution is -0.113. The largest absolute Gasteiger partial charge is 0.312 e. The summed E-state index contributed by atoms with van der Waals surface area (Å²) in [6.45, 7) is 8.62. The number of allylic oxidation sites excluding steroid dienone is 1. The van der Waals surface area contributed by atoms with Crippen molar-refractivity contribution in [3.8, 4) is 0 Å². The number of nitrogens with zero attached hydrogens (tertiary/aromatic N) is 2. The highest BCUT2D eigenvalue weighted by molar-refractivity contribution is 7.16. The van der Waals surface area contributed by atoms with E-state index in [4.69, 9.17) is 0 Å². The molecule has 0 spiro atoms. The number of carbonyl (C=O) groups excluding carboxylic acids is 1. The number of rotatable bonds is 4. The third kappa shape index (κ3) is 3.47. The number of fused-ring (bicyclic) bond motifs is 1. The number of aryl methyl sites for hydroxylation is 2. The number of benzene rings is 1. The van der Waals surface area contributed by atoms with Crippen molar-refractivity contribution in [2.75, 3.05) is 0 Å². The van der Waals surface area contributed by atoms with Crippen LogP contribution in [0.5, 0.6) is 0 Å². The molecular weight excluding hydrogens is 336 g/mol. The van der Waals surface area contributed by atoms with Gasteiger partial charge in [0.05, 0.1) is 10.2 Å². The maximum Gasteiger partial charge on any atom is 0.272 e. The average molecular weight is 355 g/mol. The Balaban J connectivity index is 2.07. The van der Waals surface area contributed by atoms with Crippen LogP contribution in [0.1, 0.15) is 16.0 Å². The number of hydrogen-bond acceptors (Lipinski definition) is 3. The SMILES string of the molecule is C=CCn1c(=NC(=O)/C=C/c2cccs2)sc2c(C)cc(C)cc21. The molecule has 0 radical (unpaired) electrons. The van der Waals surface area contributed by atoms with Gasteiger partial charge < -0.3 is 4.57 Å². The van der Waals surface area contributed by atoms with Crippen LogP contribution in [0.2, 0.25) is 0 Å². The van der Waals surface area contributed by atoms with E-state index in [1.54, 1.807) is 28.7 Å². The number of thiophene rings is 1. The molecule has 122 valence electrons. The molecule has 5 heteroatoms. The van der Waals surface area contributed by atoms with E-state index >= 15 is 0 Å². The quantitative estimate of drug-likeness (QED) is 0.493. The lowest BCUT2D eigenvalue weighted by Crippen LogP contribution is -2.15. The molecule has 3 nitrogen and oxygen atoms in total. The van der Waals surface area contributed by atoms with Crippen molar-refractivity contribution in [2.45, 2.75) is 20.4 Å². The van der Waals surface area contributed by atoms with E-state index < -0.39 is 0 Å². The zero-order valence-corrected chi connectivity index (χ0v) is 15.3. The summed E-state index contributed by atoms with van der Waals surface area (Å²) in [6.07, 6.45) is 5.15. The lowest BCUT2D eigenvalue weighted by atomic mass is 10.1. The van der Waals surface area contributed by atoms with Crippen molar-refractivity contribution in [2.24, 2.45) is 4.99 Å². The van der Waals surface area contributed by atoms with Crippen LogP contribution in [0.4, 0.5) is 0 Å². The van der Waals surface area contributed by atoms with Gasteiger partial charge in [-0.05, 0) is 48.6 Å². The summed E-state index contributed by atoms with van der Waals surface area (Å²) in [4.78, 5) is 18.3. The maximum atomic E-state index is 12.2. The third-order valence-corrected chi connectivity index (χ3v) is 5.63. The molecule has 3 rings (SSSR count). The fraction of sp³-hybridized carbons (Fsp3) is 0.158. The first-order valence-electron chi connectivity index (χ1n) is 7.60. The Morgan fingerprint density at radius 1 is 1.38 bits per heavy atom. The van der Waals surface area contributed by atoms with Gasteiger partial charge in [-0.2, -0.15) is 4.99 Å². The lowest BCUT2D eigenvalue weighted by Gasteiger charge is -2.03. The molecule has 3 aromatic rings. The van der Waals surface area contributed by atoms with Gasteiger partial charge in [0, 0.05) is 17.5 Å². The van der Waals surface area contributed by atoms with E-state index in [0.29, 0.717) is 11.3 Å². The monoisotopic (exact) mass is 354 g/mol. The molecule has 0 unspecified atom stereocenters. The molecule has 1 amide bonds. The van der Waals surface area contributed by atoms with Gasteiger partial charge in [-0.25, -0.2) is 0 Å². The van der Waals surface area contributed by atoms with Gasteiger partial charge in [0.25, 0.3) is 5.91 Å². The van der Waals surface area contributed by atoms with Crippen LogP contribution in [-0.2, 0) is 11.3 Å². The predicted octanol–water partition coefficient (Wildman–Crippen LogP) is 4.71. The Bertz CT molecular complexity index is 988. The fourth-order valence-corrected chi connectivity index (χ4v) is 4.29. The minimum atomic E-state index is -0.248. The number of hydrogen-bond donors (Lipinski definition) is 0. The van der Waals surface area contributed by atoms with Crippen molar-refractivity contribution in [3.05, 3.63) is 69.2 Å². The first-order valence-corrected chi connectivity index (χ1v) is 9.30. The smallest absolute Gasteiger partial charge is 0.272 e. The Kier molecular flexibility index (Phi) is 4.92. The molecule has 24 heavy (non-hydrogen) atoms. The zero-order valence-electron chi connectivity index (χ0n) is 13.7. The van der Waals surface area contributed by atoms with Crippen LogP contribution in [0, 0.1) is 13.8 Å². The molecule has 1 aromatic carbocycles. The molecule has 0 saturated carbocycles. The second-order valence-corrected chi connectivity index (χ2v) is 7.47. The Morgan fingerprint density at radius 3 is 2.92 bits per heavy atom. The minimum absolute atomic E-state index is 0.248. The summed E-state index contributed by atoms with van der Waals surface area (Å²) in [5.41, 5.74) is 3.51. The van der Waals surface area contributed by atoms with Gasteiger partial charge in [-0.15, -0.1) is 17.9 Å². The maximum absolute atomic E-state index is 12.2. The Morgan fingerprint density at radius 2 is 2.21 bits per heavy atom. The number of carbonyl (C=O) groups is 1. The molecule has 0 aliphatic carbocycles. The van der Waals surface area contributed by atoms with Gasteiger partial charge >= 0.3 is 0 Å². The van der Waals surface area contributed by atoms with Crippen LogP contribution < -0.4 is 4.80 Å². The minimum Gasteiger partial charge on any atom is -0.312 e. The van der Waals surface area contributed by atoms with E-state index in [2.05, 4.69) is 37.6 Å². The average Bonchev–Trinajstić information content (AvgIpc) is 3.15. The van der Waals surface area contributed by atoms with Crippen LogP contribution in [0.25, 0.3) is 16.3 Å². The highest BCUT2D eigenvalue weighted by Crippen LogP contribution is 2.23. The highest BCUT2D eigenvalue weighted by Gasteiger charge is 2.09. The highest BCUT2D eigenvalue weighted by atomic mass is 32.1. The zero-order chi connectivity index (χ0) is 17.1. The molecule has 0 fully saturated rings. The Hall–Kier alpha value is -2.24. The van der Waals surface area contributed by atoms with Gasteiger partial charge in [0.1, 0.15) is 0 Å². The van der Waals surface area contributed by atoms with Crippen LogP contribution >= 0.6 is 22.7 Å². The summed E-state index contributed by atoms with van der Waals surface area (Å²) in [7, 11) is 0. The number of thiazole rings is 1. The van der Waals surface area contributed by atoms with Gasteiger partial charge in [-0.1, -0.05) is 29.5 Å².